The Hall–Kier alpha value is -2.28. The smallest absolute Gasteiger partial charge is 0.405 e. The van der Waals surface area contributed by atoms with Crippen molar-refractivity contribution in [2.45, 2.75) is 44.9 Å². The van der Waals surface area contributed by atoms with Gasteiger partial charge in [-0.15, -0.1) is 13.2 Å². The van der Waals surface area contributed by atoms with Crippen LogP contribution in [0.4, 0.5) is 13.2 Å². The van der Waals surface area contributed by atoms with Crippen LogP contribution in [0.5, 0.6) is 5.75 Å². The summed E-state index contributed by atoms with van der Waals surface area (Å²) in [4.78, 5) is 2.37. The molecule has 1 aromatic carbocycles. The van der Waals surface area contributed by atoms with Crippen LogP contribution >= 0.6 is 0 Å². The van der Waals surface area contributed by atoms with Crippen molar-refractivity contribution in [1.29, 1.82) is 0 Å². The highest BCUT2D eigenvalue weighted by Crippen LogP contribution is 2.45. The van der Waals surface area contributed by atoms with Gasteiger partial charge in [-0.3, -0.25) is 4.90 Å². The van der Waals surface area contributed by atoms with Gasteiger partial charge in [0.1, 0.15) is 17.2 Å². The normalized spacial score (nSPS) is 20.6. The number of halogens is 3. The maximum atomic E-state index is 12.9. The molecule has 1 saturated carbocycles. The summed E-state index contributed by atoms with van der Waals surface area (Å²) in [5.41, 5.74) is 1.69. The molecule has 1 unspecified atom stereocenters. The number of aromatic nitrogens is 1. The Morgan fingerprint density at radius 3 is 2.76 bits per heavy atom. The second kappa shape index (κ2) is 8.22. The van der Waals surface area contributed by atoms with E-state index in [0.29, 0.717) is 29.5 Å². The number of benzene rings is 1. The van der Waals surface area contributed by atoms with E-state index in [0.717, 1.165) is 50.2 Å². The minimum absolute atomic E-state index is 0.247. The van der Waals surface area contributed by atoms with E-state index in [9.17, 15) is 13.2 Å². The molecule has 2 aromatic rings. The molecule has 4 nitrogen and oxygen atoms in total. The molecule has 7 heteroatoms. The highest BCUT2D eigenvalue weighted by atomic mass is 19.4. The van der Waals surface area contributed by atoms with Gasteiger partial charge in [-0.25, -0.2) is 0 Å². The van der Waals surface area contributed by atoms with Crippen molar-refractivity contribution in [3.05, 3.63) is 47.7 Å². The molecule has 0 radical (unpaired) electrons. The molecular weight excluding hydrogens is 381 g/mol. The minimum Gasteiger partial charge on any atom is -0.405 e. The summed E-state index contributed by atoms with van der Waals surface area (Å²) in [5, 5.41) is 4.18. The van der Waals surface area contributed by atoms with Crippen molar-refractivity contribution in [3.63, 3.8) is 0 Å². The molecule has 2 heterocycles. The van der Waals surface area contributed by atoms with E-state index in [1.54, 1.807) is 12.1 Å². The molecule has 1 atom stereocenters. The lowest BCUT2D eigenvalue weighted by atomic mass is 10.0. The van der Waals surface area contributed by atoms with E-state index < -0.39 is 6.36 Å². The Morgan fingerprint density at radius 1 is 1.21 bits per heavy atom. The molecule has 0 amide bonds. The lowest BCUT2D eigenvalue weighted by Crippen LogP contribution is -2.29. The Labute approximate surface area is 168 Å². The third-order valence-corrected chi connectivity index (χ3v) is 5.45. The molecule has 2 aliphatic rings. The van der Waals surface area contributed by atoms with Gasteiger partial charge in [-0.05, 0) is 43.7 Å². The number of para-hydroxylation sites is 1. The van der Waals surface area contributed by atoms with E-state index in [-0.39, 0.29) is 5.75 Å². The van der Waals surface area contributed by atoms with Crippen molar-refractivity contribution in [1.82, 2.24) is 10.1 Å². The molecule has 0 spiro atoms. The number of allylic oxidation sites excluding steroid dienone is 1. The van der Waals surface area contributed by atoms with Crippen molar-refractivity contribution in [2.75, 3.05) is 19.6 Å². The van der Waals surface area contributed by atoms with E-state index in [2.05, 4.69) is 33.9 Å². The Balaban J connectivity index is 1.61. The number of nitrogens with zero attached hydrogens (tertiary/aromatic N) is 2. The fourth-order valence-corrected chi connectivity index (χ4v) is 3.91. The van der Waals surface area contributed by atoms with E-state index >= 15 is 0 Å². The summed E-state index contributed by atoms with van der Waals surface area (Å²) in [6.45, 7) is 4.93. The van der Waals surface area contributed by atoms with Gasteiger partial charge < -0.3 is 9.26 Å². The van der Waals surface area contributed by atoms with E-state index in [4.69, 9.17) is 4.52 Å². The fraction of sp³-hybridized carbons (Fsp3) is 0.500. The van der Waals surface area contributed by atoms with Crippen LogP contribution < -0.4 is 4.74 Å². The third-order valence-electron chi connectivity index (χ3n) is 5.45. The average molecular weight is 406 g/mol. The zero-order chi connectivity index (χ0) is 20.4. The molecule has 1 aliphatic carbocycles. The van der Waals surface area contributed by atoms with Crippen LogP contribution in [0.2, 0.25) is 0 Å². The van der Waals surface area contributed by atoms with Crippen molar-refractivity contribution < 1.29 is 22.4 Å². The highest BCUT2D eigenvalue weighted by Gasteiger charge is 2.35. The molecule has 4 rings (SSSR count). The monoisotopic (exact) mass is 406 g/mol. The van der Waals surface area contributed by atoms with Crippen LogP contribution in [0.1, 0.15) is 43.4 Å². The Morgan fingerprint density at radius 2 is 2.00 bits per heavy atom. The van der Waals surface area contributed by atoms with Crippen molar-refractivity contribution >= 4 is 0 Å². The maximum Gasteiger partial charge on any atom is 0.573 e. The summed E-state index contributed by atoms with van der Waals surface area (Å²) < 4.78 is 48.5. The van der Waals surface area contributed by atoms with Crippen LogP contribution in [0.3, 0.4) is 0 Å². The van der Waals surface area contributed by atoms with Crippen LogP contribution in [0.25, 0.3) is 11.3 Å². The lowest BCUT2D eigenvalue weighted by Gasteiger charge is -2.22. The number of ether oxygens (including phenoxy) is 1. The molecule has 1 aromatic heterocycles. The number of hydrogen-bond acceptors (Lipinski definition) is 4. The van der Waals surface area contributed by atoms with Gasteiger partial charge in [0.25, 0.3) is 0 Å². The molecular formula is C22H25F3N2O2. The van der Waals surface area contributed by atoms with Gasteiger partial charge in [-0.2, -0.15) is 0 Å². The SMILES string of the molecule is CC1CC=CCN(CCc2c(-c3ccccc3OC(F)(F)F)noc2C2CC2)C1. The maximum absolute atomic E-state index is 12.9. The summed E-state index contributed by atoms with van der Waals surface area (Å²) in [7, 11) is 0. The third kappa shape index (κ3) is 5.01. The minimum atomic E-state index is -4.76. The first kappa shape index (κ1) is 20.0. The first-order valence-corrected chi connectivity index (χ1v) is 10.1. The summed E-state index contributed by atoms with van der Waals surface area (Å²) in [6.07, 6.45) is 3.48. The number of rotatable bonds is 6. The molecule has 0 saturated heterocycles. The highest BCUT2D eigenvalue weighted by molar-refractivity contribution is 5.70. The zero-order valence-corrected chi connectivity index (χ0v) is 16.4. The van der Waals surface area contributed by atoms with E-state index in [1.807, 2.05) is 0 Å². The van der Waals surface area contributed by atoms with Crippen LogP contribution in [-0.4, -0.2) is 36.1 Å². The fourth-order valence-electron chi connectivity index (χ4n) is 3.91. The quantitative estimate of drug-likeness (QED) is 0.589. The second-order valence-corrected chi connectivity index (χ2v) is 8.01. The topological polar surface area (TPSA) is 38.5 Å². The van der Waals surface area contributed by atoms with Gasteiger partial charge in [-0.1, -0.05) is 36.4 Å². The molecule has 1 fully saturated rings. The first-order chi connectivity index (χ1) is 13.9. The van der Waals surface area contributed by atoms with Crippen molar-refractivity contribution in [2.24, 2.45) is 5.92 Å². The molecule has 0 bridgehead atoms. The van der Waals surface area contributed by atoms with Gasteiger partial charge in [0.05, 0.1) is 0 Å². The average Bonchev–Trinajstić information content (AvgIpc) is 3.45. The predicted octanol–water partition coefficient (Wildman–Crippen LogP) is 5.56. The Kier molecular flexibility index (Phi) is 5.67. The molecule has 0 N–H and O–H groups in total. The predicted molar refractivity (Wildman–Crippen MR) is 104 cm³/mol. The van der Waals surface area contributed by atoms with E-state index in [1.165, 1.54) is 12.1 Å². The summed E-state index contributed by atoms with van der Waals surface area (Å²) in [5.74, 6) is 1.48. The van der Waals surface area contributed by atoms with Crippen LogP contribution in [0, 0.1) is 5.92 Å². The largest absolute Gasteiger partial charge is 0.573 e. The Bertz CT molecular complexity index is 871. The summed E-state index contributed by atoms with van der Waals surface area (Å²) in [6, 6.07) is 6.14. The van der Waals surface area contributed by atoms with Crippen molar-refractivity contribution in [3.8, 4) is 17.0 Å². The van der Waals surface area contributed by atoms with Gasteiger partial charge in [0.2, 0.25) is 0 Å². The van der Waals surface area contributed by atoms with Gasteiger partial charge in [0.15, 0.2) is 0 Å². The summed E-state index contributed by atoms with van der Waals surface area (Å²) >= 11 is 0. The lowest BCUT2D eigenvalue weighted by molar-refractivity contribution is -0.274. The molecule has 1 aliphatic heterocycles. The van der Waals surface area contributed by atoms with Crippen LogP contribution in [0.15, 0.2) is 40.9 Å². The zero-order valence-electron chi connectivity index (χ0n) is 16.4. The second-order valence-electron chi connectivity index (χ2n) is 8.01. The standard InChI is InChI=1S/C22H25F3N2O2/c1-15-6-4-5-12-27(14-15)13-11-18-20(26-29-21(18)16-9-10-16)17-7-2-3-8-19(17)28-22(23,24)25/h2-5,7-8,15-16H,6,9-14H2,1H3. The molecule has 29 heavy (non-hydrogen) atoms. The molecule has 156 valence electrons. The van der Waals surface area contributed by atoms with Gasteiger partial charge in [0, 0.05) is 36.7 Å². The first-order valence-electron chi connectivity index (χ1n) is 10.1. The number of hydrogen-bond donors (Lipinski definition) is 0. The van der Waals surface area contributed by atoms with Gasteiger partial charge >= 0.3 is 6.36 Å². The number of alkyl halides is 3. The van der Waals surface area contributed by atoms with Crippen LogP contribution in [-0.2, 0) is 6.42 Å².